The number of esters is 1. The van der Waals surface area contributed by atoms with E-state index in [0.29, 0.717) is 12.5 Å². The van der Waals surface area contributed by atoms with Crippen molar-refractivity contribution in [2.24, 2.45) is 5.92 Å². The highest BCUT2D eigenvalue weighted by atomic mass is 31.2. The molecule has 2 rings (SSSR count). The first kappa shape index (κ1) is 21.5. The highest BCUT2D eigenvalue weighted by molar-refractivity contribution is 7.58. The molecule has 1 saturated heterocycles. The van der Waals surface area contributed by atoms with Crippen LogP contribution in [0.3, 0.4) is 0 Å². The number of carbonyl (C=O) groups is 2. The van der Waals surface area contributed by atoms with Crippen LogP contribution in [0.1, 0.15) is 32.3 Å². The monoisotopic (exact) mass is 397 g/mol. The Labute approximate surface area is 160 Å². The molecule has 1 aromatic carbocycles. The van der Waals surface area contributed by atoms with Crippen molar-refractivity contribution in [3.63, 3.8) is 0 Å². The molecule has 1 fully saturated rings. The number of hydrogen-bond acceptors (Lipinski definition) is 6. The van der Waals surface area contributed by atoms with Crippen molar-refractivity contribution in [1.29, 1.82) is 0 Å². The van der Waals surface area contributed by atoms with Gasteiger partial charge in [0, 0.05) is 12.8 Å². The van der Waals surface area contributed by atoms with E-state index in [4.69, 9.17) is 14.0 Å². The molecule has 1 aliphatic heterocycles. The zero-order chi connectivity index (χ0) is 19.9. The summed E-state index contributed by atoms with van der Waals surface area (Å²) in [5.74, 6) is -0.0430. The van der Waals surface area contributed by atoms with Gasteiger partial charge >= 0.3 is 12.1 Å². The van der Waals surface area contributed by atoms with E-state index in [2.05, 4.69) is 13.8 Å². The quantitative estimate of drug-likeness (QED) is 0.465. The van der Waals surface area contributed by atoms with Gasteiger partial charge in [0.1, 0.15) is 12.6 Å². The average molecular weight is 397 g/mol. The van der Waals surface area contributed by atoms with Crippen LogP contribution >= 0.6 is 7.37 Å². The molecular formula is C19H28NO6P. The Balaban J connectivity index is 1.85. The summed E-state index contributed by atoms with van der Waals surface area (Å²) in [6, 6.07) is 8.48. The number of hydrogen-bond donors (Lipinski definition) is 0. The Kier molecular flexibility index (Phi) is 7.87. The molecular weight excluding hydrogens is 369 g/mol. The minimum absolute atomic E-state index is 0.113. The van der Waals surface area contributed by atoms with E-state index in [1.54, 1.807) is 6.66 Å². The summed E-state index contributed by atoms with van der Waals surface area (Å²) in [7, 11) is -2.83. The smallest absolute Gasteiger partial charge is 0.413 e. The van der Waals surface area contributed by atoms with Gasteiger partial charge in [-0.2, -0.15) is 0 Å². The second-order valence-electron chi connectivity index (χ2n) is 7.16. The first-order valence-electron chi connectivity index (χ1n) is 9.13. The Hall–Kier alpha value is -1.85. The SMILES string of the molecule is CC(C)CCOP(C)(=O)CC[C@H]1C(=O)OCN1C(=O)OCc1ccccc1. The molecule has 1 unspecified atom stereocenters. The lowest BCUT2D eigenvalue weighted by atomic mass is 10.2. The molecule has 27 heavy (non-hydrogen) atoms. The summed E-state index contributed by atoms with van der Waals surface area (Å²) >= 11 is 0. The highest BCUT2D eigenvalue weighted by Gasteiger charge is 2.39. The fourth-order valence-corrected chi connectivity index (χ4v) is 3.94. The minimum Gasteiger partial charge on any atom is -0.444 e. The molecule has 0 bridgehead atoms. The van der Waals surface area contributed by atoms with Gasteiger partial charge in [0.05, 0.1) is 6.61 Å². The summed E-state index contributed by atoms with van der Waals surface area (Å²) in [6.07, 6.45) is 0.616. The normalized spacial score (nSPS) is 19.0. The van der Waals surface area contributed by atoms with Crippen LogP contribution in [0.25, 0.3) is 0 Å². The summed E-state index contributed by atoms with van der Waals surface area (Å²) in [4.78, 5) is 25.5. The predicted octanol–water partition coefficient (Wildman–Crippen LogP) is 3.87. The van der Waals surface area contributed by atoms with Gasteiger partial charge < -0.3 is 14.0 Å². The van der Waals surface area contributed by atoms with Crippen LogP contribution in [0.4, 0.5) is 4.79 Å². The molecule has 2 atom stereocenters. The van der Waals surface area contributed by atoms with E-state index in [1.165, 1.54) is 4.90 Å². The van der Waals surface area contributed by atoms with Gasteiger partial charge in [-0.15, -0.1) is 0 Å². The first-order chi connectivity index (χ1) is 12.8. The molecule has 1 aliphatic rings. The fraction of sp³-hybridized carbons (Fsp3) is 0.579. The number of benzene rings is 1. The third-order valence-electron chi connectivity index (χ3n) is 4.30. The molecule has 150 valence electrons. The van der Waals surface area contributed by atoms with Gasteiger partial charge in [-0.3, -0.25) is 9.46 Å². The number of ether oxygens (including phenoxy) is 2. The van der Waals surface area contributed by atoms with E-state index < -0.39 is 25.5 Å². The van der Waals surface area contributed by atoms with Crippen LogP contribution < -0.4 is 0 Å². The van der Waals surface area contributed by atoms with Crippen molar-refractivity contribution in [2.45, 2.75) is 39.3 Å². The summed E-state index contributed by atoms with van der Waals surface area (Å²) in [5, 5.41) is 0. The summed E-state index contributed by atoms with van der Waals surface area (Å²) in [6.45, 7) is 6.07. The molecule has 0 radical (unpaired) electrons. The molecule has 8 heteroatoms. The Morgan fingerprint density at radius 2 is 2.04 bits per heavy atom. The van der Waals surface area contributed by atoms with Crippen molar-refractivity contribution in [3.05, 3.63) is 35.9 Å². The van der Waals surface area contributed by atoms with Crippen LogP contribution in [-0.4, -0.2) is 49.2 Å². The largest absolute Gasteiger partial charge is 0.444 e. The highest BCUT2D eigenvalue weighted by Crippen LogP contribution is 2.44. The van der Waals surface area contributed by atoms with Crippen LogP contribution in [0.5, 0.6) is 0 Å². The van der Waals surface area contributed by atoms with E-state index >= 15 is 0 Å². The van der Waals surface area contributed by atoms with Crippen molar-refractivity contribution >= 4 is 19.4 Å². The van der Waals surface area contributed by atoms with Gasteiger partial charge in [-0.25, -0.2) is 9.59 Å². The summed E-state index contributed by atoms with van der Waals surface area (Å²) in [5.41, 5.74) is 0.852. The maximum absolute atomic E-state index is 12.5. The van der Waals surface area contributed by atoms with Crippen molar-refractivity contribution in [2.75, 3.05) is 26.2 Å². The lowest BCUT2D eigenvalue weighted by molar-refractivity contribution is -0.139. The number of nitrogens with zero attached hydrogens (tertiary/aromatic N) is 1. The van der Waals surface area contributed by atoms with Crippen LogP contribution in [0, 0.1) is 5.92 Å². The van der Waals surface area contributed by atoms with Crippen LogP contribution in [0.2, 0.25) is 0 Å². The lowest BCUT2D eigenvalue weighted by Crippen LogP contribution is -2.39. The molecule has 1 heterocycles. The zero-order valence-corrected chi connectivity index (χ0v) is 17.0. The van der Waals surface area contributed by atoms with Crippen molar-refractivity contribution in [1.82, 2.24) is 4.90 Å². The van der Waals surface area contributed by atoms with Crippen LogP contribution in [-0.2, 0) is 30.0 Å². The molecule has 0 aromatic heterocycles. The number of carbonyl (C=O) groups excluding carboxylic acids is 2. The van der Waals surface area contributed by atoms with Gasteiger partial charge in [0.2, 0.25) is 0 Å². The standard InChI is InChI=1S/C19H28NO6P/c1-15(2)9-11-26-27(3,23)12-10-17-18(21)25-14-20(17)19(22)24-13-16-7-5-4-6-8-16/h4-8,15,17H,9-14H2,1-3H3/t17-,27?/m0/s1. The molecule has 7 nitrogen and oxygen atoms in total. The second kappa shape index (κ2) is 9.90. The Bertz CT molecular complexity index is 678. The molecule has 0 spiro atoms. The Morgan fingerprint density at radius 3 is 2.70 bits per heavy atom. The lowest BCUT2D eigenvalue weighted by Gasteiger charge is -2.21. The third kappa shape index (κ3) is 7.00. The van der Waals surface area contributed by atoms with E-state index in [0.717, 1.165) is 12.0 Å². The van der Waals surface area contributed by atoms with Crippen molar-refractivity contribution in [3.8, 4) is 0 Å². The van der Waals surface area contributed by atoms with E-state index in [9.17, 15) is 14.2 Å². The molecule has 0 aliphatic carbocycles. The fourth-order valence-electron chi connectivity index (χ4n) is 2.61. The average Bonchev–Trinajstić information content (AvgIpc) is 2.99. The third-order valence-corrected chi connectivity index (χ3v) is 6.10. The number of amides is 1. The molecule has 0 N–H and O–H groups in total. The Morgan fingerprint density at radius 1 is 1.33 bits per heavy atom. The van der Waals surface area contributed by atoms with Crippen molar-refractivity contribution < 1.29 is 28.2 Å². The second-order valence-corrected chi connectivity index (χ2v) is 9.89. The zero-order valence-electron chi connectivity index (χ0n) is 16.1. The number of rotatable bonds is 9. The van der Waals surface area contributed by atoms with Crippen LogP contribution in [0.15, 0.2) is 30.3 Å². The molecule has 1 amide bonds. The summed E-state index contributed by atoms with van der Waals surface area (Å²) < 4.78 is 28.3. The first-order valence-corrected chi connectivity index (χ1v) is 11.4. The molecule has 0 saturated carbocycles. The number of cyclic esters (lactones) is 1. The maximum atomic E-state index is 12.5. The van der Waals surface area contributed by atoms with Gasteiger partial charge in [-0.1, -0.05) is 44.2 Å². The van der Waals surface area contributed by atoms with Gasteiger partial charge in [-0.05, 0) is 24.3 Å². The van der Waals surface area contributed by atoms with Gasteiger partial charge in [0.25, 0.3) is 0 Å². The maximum Gasteiger partial charge on any atom is 0.413 e. The van der Waals surface area contributed by atoms with E-state index in [1.807, 2.05) is 30.3 Å². The van der Waals surface area contributed by atoms with E-state index in [-0.39, 0.29) is 25.9 Å². The minimum atomic E-state index is -2.83. The van der Waals surface area contributed by atoms with Gasteiger partial charge in [0.15, 0.2) is 14.1 Å². The molecule has 1 aromatic rings. The topological polar surface area (TPSA) is 82.1 Å². The predicted molar refractivity (Wildman–Crippen MR) is 102 cm³/mol.